The smallest absolute Gasteiger partial charge is 0.246 e. The van der Waals surface area contributed by atoms with E-state index in [2.05, 4.69) is 24.5 Å². The second-order valence-electron chi connectivity index (χ2n) is 7.52. The lowest BCUT2D eigenvalue weighted by molar-refractivity contribution is -0.127. The molecule has 3 rings (SSSR count). The molecule has 0 radical (unpaired) electrons. The Morgan fingerprint density at radius 2 is 1.88 bits per heavy atom. The number of aryl methyl sites for hydroxylation is 1. The summed E-state index contributed by atoms with van der Waals surface area (Å²) in [6.45, 7) is 8.65. The van der Waals surface area contributed by atoms with Crippen molar-refractivity contribution in [2.24, 2.45) is 0 Å². The maximum absolute atomic E-state index is 15.4. The summed E-state index contributed by atoms with van der Waals surface area (Å²) < 4.78 is 15.4. The normalized spacial score (nSPS) is 18.4. The fraction of sp³-hybridized carbons (Fsp3) is 0.261. The van der Waals surface area contributed by atoms with E-state index in [9.17, 15) is 9.59 Å². The van der Waals surface area contributed by atoms with Crippen LogP contribution >= 0.6 is 24.2 Å². The van der Waals surface area contributed by atoms with Crippen LogP contribution in [0.3, 0.4) is 0 Å². The summed E-state index contributed by atoms with van der Waals surface area (Å²) in [6.07, 6.45) is 2.82. The highest BCUT2D eigenvalue weighted by Gasteiger charge is 2.29. The number of piperazine rings is 1. The number of thiol groups is 1. The zero-order chi connectivity index (χ0) is 23.6. The number of hydrogen-bond acceptors (Lipinski definition) is 5. The number of rotatable bonds is 4. The maximum atomic E-state index is 15.4. The summed E-state index contributed by atoms with van der Waals surface area (Å²) in [5, 5.41) is 11.7. The van der Waals surface area contributed by atoms with Crippen molar-refractivity contribution in [1.82, 2.24) is 9.80 Å². The number of carbonyl (C=O) groups excluding carboxylic acids is 2. The van der Waals surface area contributed by atoms with Crippen molar-refractivity contribution in [3.05, 3.63) is 69.5 Å². The van der Waals surface area contributed by atoms with Gasteiger partial charge in [-0.15, -0.1) is 12.6 Å². The summed E-state index contributed by atoms with van der Waals surface area (Å²) in [5.74, 6) is -1.14. The third-order valence-electron chi connectivity index (χ3n) is 5.35. The molecule has 1 aromatic rings. The average molecular weight is 475 g/mol. The molecule has 0 spiro atoms. The van der Waals surface area contributed by atoms with Crippen LogP contribution in [-0.4, -0.2) is 53.5 Å². The Hall–Kier alpha value is -2.84. The number of nitrogens with zero attached hydrogens (tertiary/aromatic N) is 2. The van der Waals surface area contributed by atoms with Gasteiger partial charge in [-0.1, -0.05) is 24.2 Å². The van der Waals surface area contributed by atoms with Gasteiger partial charge in [0.15, 0.2) is 5.83 Å². The molecule has 0 unspecified atom stereocenters. The fourth-order valence-electron chi connectivity index (χ4n) is 3.65. The molecule has 168 valence electrons. The topological polar surface area (TPSA) is 76.5 Å². The number of anilines is 1. The molecule has 0 saturated carbocycles. The minimum Gasteiger partial charge on any atom is -0.362 e. The molecule has 0 aromatic heterocycles. The largest absolute Gasteiger partial charge is 0.362 e. The Balaban J connectivity index is 1.92. The van der Waals surface area contributed by atoms with Crippen molar-refractivity contribution in [3.8, 4) is 0 Å². The van der Waals surface area contributed by atoms with Crippen molar-refractivity contribution in [3.63, 3.8) is 0 Å². The lowest BCUT2D eigenvalue weighted by Crippen LogP contribution is -2.47. The van der Waals surface area contributed by atoms with Crippen molar-refractivity contribution < 1.29 is 14.0 Å². The van der Waals surface area contributed by atoms with E-state index < -0.39 is 5.83 Å². The van der Waals surface area contributed by atoms with Crippen molar-refractivity contribution >= 4 is 53.0 Å². The Bertz CT molecular complexity index is 1100. The van der Waals surface area contributed by atoms with Crippen LogP contribution in [0.25, 0.3) is 5.57 Å². The van der Waals surface area contributed by atoms with E-state index >= 15 is 4.39 Å². The summed E-state index contributed by atoms with van der Waals surface area (Å²) in [4.78, 5) is 26.7. The third kappa shape index (κ3) is 4.81. The molecule has 2 amide bonds. The molecule has 9 heteroatoms. The molecule has 1 aliphatic carbocycles. The molecule has 32 heavy (non-hydrogen) atoms. The number of carbonyl (C=O) groups is 2. The number of hydrogen-bond donors (Lipinski definition) is 3. The van der Waals surface area contributed by atoms with Gasteiger partial charge in [0.05, 0.1) is 10.1 Å². The second-order valence-corrected chi connectivity index (χ2v) is 8.35. The van der Waals surface area contributed by atoms with Crippen LogP contribution in [0.2, 0.25) is 0 Å². The molecular weight excluding hydrogens is 451 g/mol. The molecule has 1 heterocycles. The van der Waals surface area contributed by atoms with Gasteiger partial charge in [0.1, 0.15) is 5.71 Å². The van der Waals surface area contributed by atoms with Gasteiger partial charge in [-0.25, -0.2) is 4.39 Å². The summed E-state index contributed by atoms with van der Waals surface area (Å²) in [7, 11) is 0. The lowest BCUT2D eigenvalue weighted by Gasteiger charge is -2.36. The predicted molar refractivity (Wildman–Crippen MR) is 130 cm³/mol. The summed E-state index contributed by atoms with van der Waals surface area (Å²) in [5.41, 5.74) is 1.83. The molecule has 2 aliphatic rings. The Labute approximate surface area is 197 Å². The SMILES string of the molecule is C=CC(=O)N1CCN(/C(S)=C2\C=C(Cl)C(c3cc(NC(C)=O)ccc3C)=C(F)C2=N)CC1. The van der Waals surface area contributed by atoms with Crippen molar-refractivity contribution in [2.45, 2.75) is 13.8 Å². The first-order chi connectivity index (χ1) is 15.1. The van der Waals surface area contributed by atoms with Gasteiger partial charge in [0.2, 0.25) is 11.8 Å². The van der Waals surface area contributed by atoms with Gasteiger partial charge in [-0.05, 0) is 42.3 Å². The second kappa shape index (κ2) is 9.75. The minimum absolute atomic E-state index is 0.104. The Kier molecular flexibility index (Phi) is 7.26. The third-order valence-corrected chi connectivity index (χ3v) is 6.17. The first-order valence-corrected chi connectivity index (χ1v) is 10.8. The predicted octanol–water partition coefficient (Wildman–Crippen LogP) is 4.26. The van der Waals surface area contributed by atoms with Crippen LogP contribution < -0.4 is 5.32 Å². The van der Waals surface area contributed by atoms with Gasteiger partial charge >= 0.3 is 0 Å². The van der Waals surface area contributed by atoms with Crippen LogP contribution in [0.1, 0.15) is 18.1 Å². The number of nitrogens with one attached hydrogen (secondary N) is 2. The van der Waals surface area contributed by atoms with Crippen molar-refractivity contribution in [1.29, 1.82) is 5.41 Å². The highest BCUT2D eigenvalue weighted by atomic mass is 35.5. The van der Waals surface area contributed by atoms with Gasteiger partial charge in [0.25, 0.3) is 0 Å². The van der Waals surface area contributed by atoms with Crippen molar-refractivity contribution in [2.75, 3.05) is 31.5 Å². The zero-order valence-electron chi connectivity index (χ0n) is 17.8. The number of allylic oxidation sites excluding steroid dienone is 5. The monoisotopic (exact) mass is 474 g/mol. The summed E-state index contributed by atoms with van der Waals surface area (Å²) >= 11 is 11.1. The zero-order valence-corrected chi connectivity index (χ0v) is 19.5. The van der Waals surface area contributed by atoms with E-state index in [1.807, 2.05) is 4.90 Å². The molecule has 1 aliphatic heterocycles. The Morgan fingerprint density at radius 3 is 2.47 bits per heavy atom. The van der Waals surface area contributed by atoms with Crippen LogP contribution in [-0.2, 0) is 9.59 Å². The van der Waals surface area contributed by atoms with E-state index in [1.165, 1.54) is 19.1 Å². The van der Waals surface area contributed by atoms with Gasteiger partial charge in [-0.3, -0.25) is 15.0 Å². The molecular formula is C23H24ClFN4O2S. The Morgan fingerprint density at radius 1 is 1.25 bits per heavy atom. The van der Waals surface area contributed by atoms with E-state index in [4.69, 9.17) is 17.0 Å². The average Bonchev–Trinajstić information content (AvgIpc) is 2.77. The highest BCUT2D eigenvalue weighted by Crippen LogP contribution is 2.40. The maximum Gasteiger partial charge on any atom is 0.246 e. The first kappa shape index (κ1) is 23.8. The molecule has 1 saturated heterocycles. The highest BCUT2D eigenvalue weighted by molar-refractivity contribution is 7.84. The van der Waals surface area contributed by atoms with Crippen LogP contribution in [0.15, 0.2) is 58.4 Å². The standard InChI is InChI=1S/C23H24ClFN4O2S/c1-4-19(31)28-7-9-29(10-8-28)23(32)17-12-18(24)20(21(25)22(17)26)16-11-15(27-14(3)30)6-5-13(16)2/h4-6,11-12,26,32H,1,7-10H2,2-3H3,(H,27,30)/b23-17-,26-22?. The fourth-order valence-corrected chi connectivity index (χ4v) is 4.32. The molecule has 6 nitrogen and oxygen atoms in total. The number of amides is 2. The van der Waals surface area contributed by atoms with E-state index in [-0.39, 0.29) is 33.7 Å². The van der Waals surface area contributed by atoms with Gasteiger partial charge < -0.3 is 15.1 Å². The molecule has 0 atom stereocenters. The molecule has 0 bridgehead atoms. The molecule has 1 fully saturated rings. The first-order valence-electron chi connectivity index (χ1n) is 9.98. The van der Waals surface area contributed by atoms with E-state index in [0.717, 1.165) is 5.56 Å². The number of benzene rings is 1. The minimum atomic E-state index is -0.761. The van der Waals surface area contributed by atoms with Crippen LogP contribution in [0.4, 0.5) is 10.1 Å². The van der Waals surface area contributed by atoms with Gasteiger partial charge in [0, 0.05) is 49.9 Å². The number of halogens is 2. The van der Waals surface area contributed by atoms with E-state index in [1.54, 1.807) is 30.0 Å². The van der Waals surface area contributed by atoms with Crippen LogP contribution in [0, 0.1) is 12.3 Å². The lowest BCUT2D eigenvalue weighted by atomic mass is 9.91. The molecule has 2 N–H and O–H groups in total. The molecule has 1 aromatic carbocycles. The quantitative estimate of drug-likeness (QED) is 0.450. The van der Waals surface area contributed by atoms with E-state index in [0.29, 0.717) is 42.5 Å². The van der Waals surface area contributed by atoms with Gasteiger partial charge in [-0.2, -0.15) is 0 Å². The summed E-state index contributed by atoms with van der Waals surface area (Å²) in [6, 6.07) is 5.12. The van der Waals surface area contributed by atoms with Crippen LogP contribution in [0.5, 0.6) is 0 Å².